The van der Waals surface area contributed by atoms with Gasteiger partial charge >= 0.3 is 5.88 Å². The number of nitrogens with zero attached hydrogens (tertiary/aromatic N) is 1. The Balaban J connectivity index is 0. The van der Waals surface area contributed by atoms with Crippen LogP contribution in [0.5, 0.6) is 0 Å². The molecule has 56 valence electrons. The Labute approximate surface area is 57.4 Å². The number of rotatable bonds is 1. The van der Waals surface area contributed by atoms with Crippen LogP contribution in [0.1, 0.15) is 0 Å². The van der Waals surface area contributed by atoms with E-state index in [0.717, 1.165) is 6.41 Å². The number of carbonyl (C=O) groups excluding carboxylic acids is 1. The van der Waals surface area contributed by atoms with Gasteiger partial charge in [-0.3, -0.25) is 4.79 Å². The van der Waals surface area contributed by atoms with Gasteiger partial charge in [-0.05, 0) is 0 Å². The van der Waals surface area contributed by atoms with Crippen molar-refractivity contribution in [2.75, 3.05) is 14.1 Å². The molecule has 1 amide bonds. The van der Waals surface area contributed by atoms with Gasteiger partial charge in [0.05, 0.1) is 0 Å². The van der Waals surface area contributed by atoms with Crippen molar-refractivity contribution >= 4 is 18.0 Å². The lowest BCUT2D eigenvalue weighted by atomic mass is 11.0. The molecule has 0 heterocycles. The molecular weight excluding hydrogens is 151 g/mol. The number of carbonyl (C=O) groups is 1. The van der Waals surface area contributed by atoms with Gasteiger partial charge in [0.2, 0.25) is 6.41 Å². The van der Waals surface area contributed by atoms with Crippen LogP contribution in [0.25, 0.3) is 0 Å². The van der Waals surface area contributed by atoms with Gasteiger partial charge in [0.25, 0.3) is 0 Å². The highest BCUT2D eigenvalue weighted by molar-refractivity contribution is 6.18. The van der Waals surface area contributed by atoms with Crippen molar-refractivity contribution in [2.45, 2.75) is 5.88 Å². The van der Waals surface area contributed by atoms with E-state index in [2.05, 4.69) is 11.6 Å². The minimum Gasteiger partial charge on any atom is -0.351 e. The molecular formula is C4H8ClF2NO. The summed E-state index contributed by atoms with van der Waals surface area (Å²) < 4.78 is 20.2. The molecule has 0 N–H and O–H groups in total. The molecule has 0 rings (SSSR count). The summed E-state index contributed by atoms with van der Waals surface area (Å²) in [6.45, 7) is 0. The van der Waals surface area contributed by atoms with Gasteiger partial charge in [-0.25, -0.2) is 0 Å². The Morgan fingerprint density at radius 2 is 1.67 bits per heavy atom. The molecule has 0 spiro atoms. The molecule has 5 heteroatoms. The van der Waals surface area contributed by atoms with Gasteiger partial charge in [-0.2, -0.15) is 8.78 Å². The van der Waals surface area contributed by atoms with E-state index in [-0.39, 0.29) is 0 Å². The van der Waals surface area contributed by atoms with E-state index in [1.165, 1.54) is 4.90 Å². The van der Waals surface area contributed by atoms with Crippen LogP contribution in [0.15, 0.2) is 0 Å². The third kappa shape index (κ3) is 91.7. The van der Waals surface area contributed by atoms with E-state index >= 15 is 0 Å². The third-order valence-electron chi connectivity index (χ3n) is 0.211. The van der Waals surface area contributed by atoms with E-state index in [1.807, 2.05) is 0 Å². The first kappa shape index (κ1) is 11.4. The average Bonchev–Trinajstić information content (AvgIpc) is 1.65. The zero-order chi connectivity index (χ0) is 7.86. The fourth-order valence-electron chi connectivity index (χ4n) is 0. The molecule has 0 saturated carbocycles. The highest BCUT2D eigenvalue weighted by Gasteiger charge is 1.83. The second-order valence-electron chi connectivity index (χ2n) is 1.32. The molecule has 0 aromatic carbocycles. The second-order valence-corrected chi connectivity index (χ2v) is 1.65. The highest BCUT2D eigenvalue weighted by atomic mass is 35.5. The highest BCUT2D eigenvalue weighted by Crippen LogP contribution is 1.93. The van der Waals surface area contributed by atoms with Crippen LogP contribution in [0.3, 0.4) is 0 Å². The standard InChI is InChI=1S/C3H7NO.CHClF2/c1-4(2)3-5;2-1(3)4/h3H,1-2H3;1H. The summed E-state index contributed by atoms with van der Waals surface area (Å²) in [5.74, 6) is -2.69. The fourth-order valence-corrected chi connectivity index (χ4v) is 0. The largest absolute Gasteiger partial charge is 0.351 e. The molecule has 0 radical (unpaired) electrons. The number of amides is 1. The normalized spacial score (nSPS) is 7.78. The number of hydrogen-bond donors (Lipinski definition) is 0. The molecule has 0 aliphatic heterocycles. The topological polar surface area (TPSA) is 20.3 Å². The Morgan fingerprint density at radius 3 is 1.67 bits per heavy atom. The predicted octanol–water partition coefficient (Wildman–Crippen LogP) is 1.15. The summed E-state index contributed by atoms with van der Waals surface area (Å²) in [6, 6.07) is 0. The van der Waals surface area contributed by atoms with Crippen LogP contribution < -0.4 is 0 Å². The van der Waals surface area contributed by atoms with E-state index in [9.17, 15) is 13.6 Å². The lowest BCUT2D eigenvalue weighted by molar-refractivity contribution is -0.115. The van der Waals surface area contributed by atoms with Gasteiger partial charge in [0.1, 0.15) is 0 Å². The Morgan fingerprint density at radius 1 is 1.56 bits per heavy atom. The molecule has 0 aromatic rings. The van der Waals surface area contributed by atoms with Crippen molar-refractivity contribution in [3.8, 4) is 0 Å². The van der Waals surface area contributed by atoms with Crippen LogP contribution in [0.2, 0.25) is 0 Å². The van der Waals surface area contributed by atoms with Gasteiger partial charge in [-0.1, -0.05) is 11.6 Å². The summed E-state index contributed by atoms with van der Waals surface area (Å²) in [5.41, 5.74) is 0. The monoisotopic (exact) mass is 159 g/mol. The van der Waals surface area contributed by atoms with Crippen molar-refractivity contribution < 1.29 is 13.6 Å². The zero-order valence-electron chi connectivity index (χ0n) is 5.14. The number of hydrogen-bond acceptors (Lipinski definition) is 1. The van der Waals surface area contributed by atoms with Crippen molar-refractivity contribution in [3.63, 3.8) is 0 Å². The van der Waals surface area contributed by atoms with E-state index < -0.39 is 5.88 Å². The maximum Gasteiger partial charge on any atom is 0.312 e. The average molecular weight is 160 g/mol. The summed E-state index contributed by atoms with van der Waals surface area (Å²) in [7, 11) is 3.38. The van der Waals surface area contributed by atoms with Gasteiger partial charge < -0.3 is 4.90 Å². The van der Waals surface area contributed by atoms with E-state index in [4.69, 9.17) is 0 Å². The van der Waals surface area contributed by atoms with Gasteiger partial charge in [0.15, 0.2) is 0 Å². The summed E-state index contributed by atoms with van der Waals surface area (Å²) in [5, 5.41) is 0. The van der Waals surface area contributed by atoms with Crippen molar-refractivity contribution in [1.29, 1.82) is 0 Å². The molecule has 0 fully saturated rings. The molecule has 0 aliphatic carbocycles. The smallest absolute Gasteiger partial charge is 0.312 e. The van der Waals surface area contributed by atoms with E-state index in [1.54, 1.807) is 14.1 Å². The minimum atomic E-state index is -2.69. The van der Waals surface area contributed by atoms with Crippen LogP contribution in [-0.2, 0) is 4.79 Å². The lowest BCUT2D eigenvalue weighted by Gasteiger charge is -1.93. The maximum absolute atomic E-state index is 10.1. The van der Waals surface area contributed by atoms with Crippen LogP contribution >= 0.6 is 11.6 Å². The Kier molecular flexibility index (Phi) is 9.67. The first-order valence-electron chi connectivity index (χ1n) is 2.04. The number of halogens is 3. The zero-order valence-corrected chi connectivity index (χ0v) is 5.90. The third-order valence-corrected chi connectivity index (χ3v) is 0.211. The Hall–Kier alpha value is -0.380. The quantitative estimate of drug-likeness (QED) is 0.415. The van der Waals surface area contributed by atoms with Crippen molar-refractivity contribution in [1.82, 2.24) is 4.90 Å². The van der Waals surface area contributed by atoms with Crippen LogP contribution in [0, 0.1) is 0 Å². The minimum absolute atomic E-state index is 0.750. The van der Waals surface area contributed by atoms with Crippen LogP contribution in [0.4, 0.5) is 8.78 Å². The fraction of sp³-hybridized carbons (Fsp3) is 0.750. The maximum atomic E-state index is 10.1. The van der Waals surface area contributed by atoms with Crippen molar-refractivity contribution in [2.24, 2.45) is 0 Å². The van der Waals surface area contributed by atoms with Crippen LogP contribution in [-0.4, -0.2) is 31.3 Å². The second kappa shape index (κ2) is 7.62. The first-order valence-corrected chi connectivity index (χ1v) is 2.48. The van der Waals surface area contributed by atoms with E-state index in [0.29, 0.717) is 0 Å². The SMILES string of the molecule is CN(C)C=O.FC(F)Cl. The molecule has 2 nitrogen and oxygen atoms in total. The molecule has 0 aromatic heterocycles. The molecule has 0 aliphatic rings. The molecule has 9 heavy (non-hydrogen) atoms. The molecule has 0 atom stereocenters. The molecule has 0 saturated heterocycles. The molecule has 0 bridgehead atoms. The summed E-state index contributed by atoms with van der Waals surface area (Å²) in [4.78, 5) is 10.9. The van der Waals surface area contributed by atoms with Crippen molar-refractivity contribution in [3.05, 3.63) is 0 Å². The summed E-state index contributed by atoms with van der Waals surface area (Å²) >= 11 is 3.94. The molecule has 0 unspecified atom stereocenters. The first-order chi connectivity index (χ1) is 4.00. The van der Waals surface area contributed by atoms with Gasteiger partial charge in [0, 0.05) is 14.1 Å². The summed E-state index contributed by atoms with van der Waals surface area (Å²) in [6.07, 6.45) is 0.750. The van der Waals surface area contributed by atoms with Gasteiger partial charge in [-0.15, -0.1) is 0 Å². The number of alkyl halides is 3. The lowest BCUT2D eigenvalue weighted by Crippen LogP contribution is -2.06. The Bertz CT molecular complexity index is 66.8. The predicted molar refractivity (Wildman–Crippen MR) is 31.6 cm³/mol.